The minimum absolute atomic E-state index is 0.280. The molecule has 0 atom stereocenters. The molecule has 0 radical (unpaired) electrons. The van der Waals surface area contributed by atoms with E-state index in [1.807, 2.05) is 12.1 Å². The normalized spacial score (nSPS) is 10.5. The average molecular weight is 166 g/mol. The number of para-hydroxylation sites is 1. The molecule has 2 nitrogen and oxygen atoms in total. The van der Waals surface area contributed by atoms with E-state index in [1.54, 1.807) is 24.5 Å². The summed E-state index contributed by atoms with van der Waals surface area (Å²) in [6.45, 7) is 0. The number of hydrogen-bond donors (Lipinski definition) is 1. The fourth-order valence-corrected chi connectivity index (χ4v) is 0.906. The monoisotopic (exact) mass is 166 g/mol. The van der Waals surface area contributed by atoms with Crippen molar-refractivity contribution in [1.82, 2.24) is 0 Å². The molecule has 0 bridgehead atoms. The van der Waals surface area contributed by atoms with Gasteiger partial charge in [-0.25, -0.2) is 0 Å². The lowest BCUT2D eigenvalue weighted by Crippen LogP contribution is -1.73. The van der Waals surface area contributed by atoms with Crippen LogP contribution in [0.3, 0.4) is 0 Å². The second-order valence-electron chi connectivity index (χ2n) is 2.10. The van der Waals surface area contributed by atoms with Crippen LogP contribution in [0.15, 0.2) is 30.5 Å². The van der Waals surface area contributed by atoms with Crippen molar-refractivity contribution in [3.05, 3.63) is 36.1 Å². The summed E-state index contributed by atoms with van der Waals surface area (Å²) in [6.07, 6.45) is 3.32. The van der Waals surface area contributed by atoms with Crippen LogP contribution in [0.25, 0.3) is 6.08 Å². The molecule has 0 amide bonds. The highest BCUT2D eigenvalue weighted by molar-refractivity contribution is 5.98. The molecule has 1 N–H and O–H groups in total. The van der Waals surface area contributed by atoms with Gasteiger partial charge in [0.2, 0.25) is 10.5 Å². The summed E-state index contributed by atoms with van der Waals surface area (Å²) in [5.41, 5.74) is 0.781. The van der Waals surface area contributed by atoms with Crippen LogP contribution in [0.2, 0.25) is 0 Å². The Hall–Kier alpha value is -1.22. The van der Waals surface area contributed by atoms with E-state index in [-0.39, 0.29) is 5.75 Å². The van der Waals surface area contributed by atoms with Gasteiger partial charge in [-0.2, -0.15) is 0 Å². The summed E-state index contributed by atoms with van der Waals surface area (Å²) in [7, 11) is 0.679. The largest absolute Gasteiger partial charge is 0.558 e. The lowest BCUT2D eigenvalue weighted by atomic mass is 10.2. The lowest BCUT2D eigenvalue weighted by Gasteiger charge is -1.96. The lowest BCUT2D eigenvalue weighted by molar-refractivity contribution is 0.473. The summed E-state index contributed by atoms with van der Waals surface area (Å²) in [4.78, 5) is 0. The van der Waals surface area contributed by atoms with Gasteiger partial charge in [0.15, 0.2) is 0 Å². The first-order valence-corrected chi connectivity index (χ1v) is 4.13. The standard InChI is InChI=1S/C8H10O2Si/c9-8-4-2-1-3-7(8)5-6-10-11/h1-6,9H,11H3/b6-5+. The van der Waals surface area contributed by atoms with E-state index in [9.17, 15) is 5.11 Å². The Bertz CT molecular complexity index is 258. The first-order chi connectivity index (χ1) is 5.34. The van der Waals surface area contributed by atoms with Crippen molar-refractivity contribution in [1.29, 1.82) is 0 Å². The number of rotatable bonds is 2. The van der Waals surface area contributed by atoms with Crippen LogP contribution in [0.1, 0.15) is 5.56 Å². The maximum absolute atomic E-state index is 9.24. The first-order valence-electron chi connectivity index (χ1n) is 3.32. The average Bonchev–Trinajstić information content (AvgIpc) is 2.03. The molecule has 1 aromatic rings. The first kappa shape index (κ1) is 7.88. The second-order valence-corrected chi connectivity index (χ2v) is 2.57. The predicted octanol–water partition coefficient (Wildman–Crippen LogP) is 0.660. The quantitative estimate of drug-likeness (QED) is 0.516. The van der Waals surface area contributed by atoms with E-state index in [2.05, 4.69) is 0 Å². The van der Waals surface area contributed by atoms with Crippen molar-refractivity contribution in [2.24, 2.45) is 0 Å². The molecular weight excluding hydrogens is 156 g/mol. The number of hydrogen-bond acceptors (Lipinski definition) is 2. The molecular formula is C8H10O2Si. The van der Waals surface area contributed by atoms with Gasteiger partial charge in [0.05, 0.1) is 6.26 Å². The molecule has 0 saturated carbocycles. The van der Waals surface area contributed by atoms with Crippen molar-refractivity contribution in [2.75, 3.05) is 0 Å². The zero-order chi connectivity index (χ0) is 8.10. The molecule has 0 heterocycles. The Morgan fingerprint density at radius 1 is 1.36 bits per heavy atom. The van der Waals surface area contributed by atoms with Crippen LogP contribution in [-0.2, 0) is 4.43 Å². The highest BCUT2D eigenvalue weighted by Gasteiger charge is 1.91. The van der Waals surface area contributed by atoms with Gasteiger partial charge in [-0.05, 0) is 12.1 Å². The van der Waals surface area contributed by atoms with Crippen molar-refractivity contribution >= 4 is 16.6 Å². The van der Waals surface area contributed by atoms with E-state index in [0.29, 0.717) is 10.5 Å². The molecule has 0 aromatic heterocycles. The third-order valence-corrected chi connectivity index (χ3v) is 1.59. The molecule has 3 heteroatoms. The fourth-order valence-electron chi connectivity index (χ4n) is 0.770. The van der Waals surface area contributed by atoms with Crippen LogP contribution >= 0.6 is 0 Å². The Morgan fingerprint density at radius 2 is 2.09 bits per heavy atom. The highest BCUT2D eigenvalue weighted by Crippen LogP contribution is 2.16. The maximum Gasteiger partial charge on any atom is 0.203 e. The summed E-state index contributed by atoms with van der Waals surface area (Å²) in [6, 6.07) is 7.12. The molecule has 0 unspecified atom stereocenters. The Balaban J connectivity index is 2.86. The van der Waals surface area contributed by atoms with Gasteiger partial charge >= 0.3 is 0 Å². The van der Waals surface area contributed by atoms with Gasteiger partial charge in [0.1, 0.15) is 5.75 Å². The van der Waals surface area contributed by atoms with Crippen LogP contribution in [-0.4, -0.2) is 15.6 Å². The second kappa shape index (κ2) is 3.83. The van der Waals surface area contributed by atoms with Gasteiger partial charge in [-0.15, -0.1) is 0 Å². The molecule has 0 saturated heterocycles. The summed E-state index contributed by atoms with van der Waals surface area (Å²) < 4.78 is 4.85. The van der Waals surface area contributed by atoms with E-state index < -0.39 is 0 Å². The summed E-state index contributed by atoms with van der Waals surface area (Å²) in [5.74, 6) is 0.280. The number of aromatic hydroxyl groups is 1. The molecule has 0 aliphatic heterocycles. The van der Waals surface area contributed by atoms with Crippen LogP contribution < -0.4 is 0 Å². The third kappa shape index (κ3) is 2.12. The molecule has 1 rings (SSSR count). The van der Waals surface area contributed by atoms with Gasteiger partial charge in [0, 0.05) is 5.56 Å². The van der Waals surface area contributed by atoms with Crippen molar-refractivity contribution in [3.8, 4) is 5.75 Å². The minimum Gasteiger partial charge on any atom is -0.558 e. The number of phenols is 1. The molecule has 58 valence electrons. The summed E-state index contributed by atoms with van der Waals surface area (Å²) >= 11 is 0. The maximum atomic E-state index is 9.24. The van der Waals surface area contributed by atoms with Gasteiger partial charge in [-0.3, -0.25) is 0 Å². The van der Waals surface area contributed by atoms with Crippen LogP contribution in [0, 0.1) is 0 Å². The Kier molecular flexibility index (Phi) is 2.74. The molecule has 11 heavy (non-hydrogen) atoms. The van der Waals surface area contributed by atoms with Gasteiger partial charge in [-0.1, -0.05) is 18.2 Å². The van der Waals surface area contributed by atoms with Crippen molar-refractivity contribution in [2.45, 2.75) is 0 Å². The minimum atomic E-state index is 0.280. The smallest absolute Gasteiger partial charge is 0.203 e. The topological polar surface area (TPSA) is 29.5 Å². The van der Waals surface area contributed by atoms with E-state index in [1.165, 1.54) is 0 Å². The van der Waals surface area contributed by atoms with E-state index in [4.69, 9.17) is 4.43 Å². The predicted molar refractivity (Wildman–Crippen MR) is 48.2 cm³/mol. The van der Waals surface area contributed by atoms with Crippen LogP contribution in [0.4, 0.5) is 0 Å². The van der Waals surface area contributed by atoms with Crippen LogP contribution in [0.5, 0.6) is 5.75 Å². The van der Waals surface area contributed by atoms with E-state index in [0.717, 1.165) is 5.56 Å². The fraction of sp³-hybridized carbons (Fsp3) is 0. The van der Waals surface area contributed by atoms with Gasteiger partial charge in [0.25, 0.3) is 0 Å². The zero-order valence-electron chi connectivity index (χ0n) is 6.32. The molecule has 1 aromatic carbocycles. The SMILES string of the molecule is Oc1ccccc1/C=C/O[SiH3]. The number of phenolic OH excluding ortho intramolecular Hbond substituents is 1. The Morgan fingerprint density at radius 3 is 2.73 bits per heavy atom. The van der Waals surface area contributed by atoms with Crippen molar-refractivity contribution in [3.63, 3.8) is 0 Å². The molecule has 0 aliphatic carbocycles. The Labute approximate surface area is 68.7 Å². The molecule has 0 fully saturated rings. The van der Waals surface area contributed by atoms with Crippen molar-refractivity contribution < 1.29 is 9.53 Å². The zero-order valence-corrected chi connectivity index (χ0v) is 8.32. The molecule has 0 spiro atoms. The highest BCUT2D eigenvalue weighted by atomic mass is 28.2. The third-order valence-electron chi connectivity index (χ3n) is 1.32. The number of benzene rings is 1. The van der Waals surface area contributed by atoms with Gasteiger partial charge < -0.3 is 9.53 Å². The molecule has 0 aliphatic rings. The summed E-state index contributed by atoms with van der Waals surface area (Å²) in [5, 5.41) is 9.24. The van der Waals surface area contributed by atoms with E-state index >= 15 is 0 Å².